The van der Waals surface area contributed by atoms with E-state index in [2.05, 4.69) is 15.3 Å². The Kier molecular flexibility index (Phi) is 5.05. The number of halogens is 2. The Morgan fingerprint density at radius 3 is 2.90 bits per heavy atom. The van der Waals surface area contributed by atoms with E-state index in [0.29, 0.717) is 5.82 Å². The van der Waals surface area contributed by atoms with Gasteiger partial charge < -0.3 is 5.32 Å². The number of carbonyl (C=O) groups is 1. The first-order valence-corrected chi connectivity index (χ1v) is 6.91. The average Bonchev–Trinajstić information content (AvgIpc) is 2.88. The van der Waals surface area contributed by atoms with Crippen molar-refractivity contribution in [2.24, 2.45) is 0 Å². The lowest BCUT2D eigenvalue weighted by Gasteiger charge is -2.06. The molecule has 0 aromatic carbocycles. The van der Waals surface area contributed by atoms with Gasteiger partial charge in [-0.1, -0.05) is 6.07 Å². The summed E-state index contributed by atoms with van der Waals surface area (Å²) in [5.41, 5.74) is 0. The van der Waals surface area contributed by atoms with Crippen LogP contribution in [0.3, 0.4) is 0 Å². The van der Waals surface area contributed by atoms with E-state index in [-0.39, 0.29) is 23.2 Å². The van der Waals surface area contributed by atoms with Crippen molar-refractivity contribution in [3.63, 3.8) is 0 Å². The molecule has 1 amide bonds. The molecule has 0 radical (unpaired) electrons. The molecule has 8 heteroatoms. The second kappa shape index (κ2) is 6.99. The van der Waals surface area contributed by atoms with Crippen LogP contribution in [0.25, 0.3) is 0 Å². The van der Waals surface area contributed by atoms with Crippen LogP contribution in [0.5, 0.6) is 0 Å². The molecule has 2 aromatic rings. The van der Waals surface area contributed by atoms with Crippen molar-refractivity contribution in [2.75, 3.05) is 11.1 Å². The van der Waals surface area contributed by atoms with E-state index in [4.69, 9.17) is 0 Å². The van der Waals surface area contributed by atoms with E-state index in [1.807, 2.05) is 0 Å². The Balaban J connectivity index is 1.78. The topological polar surface area (TPSA) is 59.8 Å². The maximum absolute atomic E-state index is 12.6. The number of carbonyl (C=O) groups excluding carboxylic acids is 1. The molecule has 0 aliphatic carbocycles. The summed E-state index contributed by atoms with van der Waals surface area (Å²) in [5.74, 6) is 0.867. The van der Waals surface area contributed by atoms with Crippen molar-refractivity contribution in [2.45, 2.75) is 12.3 Å². The summed E-state index contributed by atoms with van der Waals surface area (Å²) in [6.07, 6.45) is 4.10. The van der Waals surface area contributed by atoms with Gasteiger partial charge in [-0.05, 0) is 12.1 Å². The lowest BCUT2D eigenvalue weighted by Crippen LogP contribution is -2.15. The van der Waals surface area contributed by atoms with Gasteiger partial charge >= 0.3 is 6.55 Å². The normalized spacial score (nSPS) is 10.8. The summed E-state index contributed by atoms with van der Waals surface area (Å²) >= 11 is 1.21. The average molecular weight is 298 g/mol. The van der Waals surface area contributed by atoms with Gasteiger partial charge in [0.2, 0.25) is 5.91 Å². The number of hydrogen-bond acceptors (Lipinski definition) is 4. The standard InChI is InChI=1S/C12H12F2N4OS/c13-12(14)18-6-5-16-10(18)7-20-8-11(19)17-9-3-1-2-4-15-9/h1-6,12H,7-8H2,(H,15,17,19). The van der Waals surface area contributed by atoms with Crippen LogP contribution in [0.15, 0.2) is 36.8 Å². The van der Waals surface area contributed by atoms with Gasteiger partial charge in [0.1, 0.15) is 11.6 Å². The minimum atomic E-state index is -2.62. The van der Waals surface area contributed by atoms with E-state index in [0.717, 1.165) is 4.57 Å². The Labute approximate surface area is 118 Å². The summed E-state index contributed by atoms with van der Waals surface area (Å²) < 4.78 is 25.9. The van der Waals surface area contributed by atoms with Crippen LogP contribution in [0.2, 0.25) is 0 Å². The Hall–Kier alpha value is -1.96. The number of anilines is 1. The third kappa shape index (κ3) is 4.02. The molecule has 106 valence electrons. The summed E-state index contributed by atoms with van der Waals surface area (Å²) in [6, 6.07) is 5.18. The number of amides is 1. The third-order valence-electron chi connectivity index (χ3n) is 2.36. The van der Waals surface area contributed by atoms with Crippen LogP contribution in [0, 0.1) is 0 Å². The van der Waals surface area contributed by atoms with Crippen molar-refractivity contribution in [3.8, 4) is 0 Å². The molecular weight excluding hydrogens is 286 g/mol. The highest BCUT2D eigenvalue weighted by Gasteiger charge is 2.12. The number of rotatable bonds is 6. The summed E-state index contributed by atoms with van der Waals surface area (Å²) in [7, 11) is 0. The van der Waals surface area contributed by atoms with E-state index >= 15 is 0 Å². The number of hydrogen-bond donors (Lipinski definition) is 1. The zero-order chi connectivity index (χ0) is 14.4. The third-order valence-corrected chi connectivity index (χ3v) is 3.28. The lowest BCUT2D eigenvalue weighted by molar-refractivity contribution is -0.113. The molecule has 0 aliphatic heterocycles. The van der Waals surface area contributed by atoms with Crippen molar-refractivity contribution < 1.29 is 13.6 Å². The second-order valence-corrected chi connectivity index (χ2v) is 4.77. The molecular formula is C12H12F2N4OS. The van der Waals surface area contributed by atoms with Crippen molar-refractivity contribution in [1.82, 2.24) is 14.5 Å². The predicted molar refractivity (Wildman–Crippen MR) is 72.5 cm³/mol. The summed E-state index contributed by atoms with van der Waals surface area (Å²) in [5, 5.41) is 2.61. The smallest absolute Gasteiger partial charge is 0.310 e. The van der Waals surface area contributed by atoms with E-state index in [1.165, 1.54) is 24.2 Å². The number of thioether (sulfide) groups is 1. The Bertz CT molecular complexity index is 562. The number of imidazole rings is 1. The van der Waals surface area contributed by atoms with Crippen molar-refractivity contribution in [3.05, 3.63) is 42.6 Å². The summed E-state index contributed by atoms with van der Waals surface area (Å²) in [6.45, 7) is -2.62. The fourth-order valence-corrected chi connectivity index (χ4v) is 2.25. The highest BCUT2D eigenvalue weighted by molar-refractivity contribution is 7.99. The van der Waals surface area contributed by atoms with Crippen LogP contribution >= 0.6 is 11.8 Å². The van der Waals surface area contributed by atoms with Gasteiger partial charge in [-0.25, -0.2) is 9.97 Å². The fourth-order valence-electron chi connectivity index (χ4n) is 1.48. The first-order chi connectivity index (χ1) is 9.66. The number of pyridine rings is 1. The van der Waals surface area contributed by atoms with Gasteiger partial charge in [0.05, 0.1) is 11.5 Å². The number of alkyl halides is 2. The molecule has 0 spiro atoms. The highest BCUT2D eigenvalue weighted by Crippen LogP contribution is 2.17. The quantitative estimate of drug-likeness (QED) is 0.890. The van der Waals surface area contributed by atoms with Crippen LogP contribution in [0.4, 0.5) is 14.6 Å². The molecule has 2 heterocycles. The van der Waals surface area contributed by atoms with Gasteiger partial charge in [0.15, 0.2) is 0 Å². The van der Waals surface area contributed by atoms with Crippen molar-refractivity contribution >= 4 is 23.5 Å². The van der Waals surface area contributed by atoms with Crippen LogP contribution in [-0.4, -0.2) is 26.2 Å². The molecule has 0 saturated heterocycles. The predicted octanol–water partition coefficient (Wildman–Crippen LogP) is 2.55. The van der Waals surface area contributed by atoms with Crippen LogP contribution in [-0.2, 0) is 10.5 Å². The molecule has 5 nitrogen and oxygen atoms in total. The Morgan fingerprint density at radius 1 is 1.35 bits per heavy atom. The molecule has 1 N–H and O–H groups in total. The minimum Gasteiger partial charge on any atom is -0.310 e. The number of aromatic nitrogens is 3. The van der Waals surface area contributed by atoms with Crippen LogP contribution in [0.1, 0.15) is 12.4 Å². The molecule has 0 saturated carbocycles. The fraction of sp³-hybridized carbons (Fsp3) is 0.250. The first-order valence-electron chi connectivity index (χ1n) is 5.75. The van der Waals surface area contributed by atoms with Gasteiger partial charge in [0.25, 0.3) is 0 Å². The molecule has 0 unspecified atom stereocenters. The van der Waals surface area contributed by atoms with E-state index in [9.17, 15) is 13.6 Å². The maximum atomic E-state index is 12.6. The molecule has 2 rings (SSSR count). The van der Waals surface area contributed by atoms with E-state index < -0.39 is 6.55 Å². The number of nitrogens with zero attached hydrogens (tertiary/aromatic N) is 3. The van der Waals surface area contributed by atoms with Gasteiger partial charge in [-0.3, -0.25) is 9.36 Å². The monoisotopic (exact) mass is 298 g/mol. The van der Waals surface area contributed by atoms with Gasteiger partial charge in [0, 0.05) is 18.6 Å². The van der Waals surface area contributed by atoms with Gasteiger partial charge in [-0.2, -0.15) is 8.78 Å². The lowest BCUT2D eigenvalue weighted by atomic mass is 10.4. The van der Waals surface area contributed by atoms with Crippen LogP contribution < -0.4 is 5.32 Å². The zero-order valence-corrected chi connectivity index (χ0v) is 11.2. The maximum Gasteiger partial charge on any atom is 0.319 e. The zero-order valence-electron chi connectivity index (χ0n) is 10.4. The molecule has 0 aliphatic rings. The van der Waals surface area contributed by atoms with E-state index in [1.54, 1.807) is 24.4 Å². The molecule has 20 heavy (non-hydrogen) atoms. The molecule has 0 fully saturated rings. The second-order valence-electron chi connectivity index (χ2n) is 3.78. The first kappa shape index (κ1) is 14.4. The van der Waals surface area contributed by atoms with Gasteiger partial charge in [-0.15, -0.1) is 11.8 Å². The molecule has 2 aromatic heterocycles. The largest absolute Gasteiger partial charge is 0.319 e. The van der Waals surface area contributed by atoms with Crippen molar-refractivity contribution in [1.29, 1.82) is 0 Å². The minimum absolute atomic E-state index is 0.146. The summed E-state index contributed by atoms with van der Waals surface area (Å²) in [4.78, 5) is 19.4. The molecule has 0 atom stereocenters. The SMILES string of the molecule is O=C(CSCc1nccn1C(F)F)Nc1ccccn1. The molecule has 0 bridgehead atoms. The Morgan fingerprint density at radius 2 is 2.20 bits per heavy atom. The number of nitrogens with one attached hydrogen (secondary N) is 1. The highest BCUT2D eigenvalue weighted by atomic mass is 32.2.